The first-order valence-corrected chi connectivity index (χ1v) is 8.60. The molecular weight excluding hydrogens is 300 g/mol. The molecule has 1 saturated carbocycles. The number of rotatable bonds is 5. The molecule has 0 aliphatic heterocycles. The predicted molar refractivity (Wildman–Crippen MR) is 95.5 cm³/mol. The van der Waals surface area contributed by atoms with E-state index in [1.165, 1.54) is 47.1 Å². The SMILES string of the molecule is Cl.NCCCNC1(c2cc3ccccc3s2)CCCCC1. The molecule has 2 aromatic rings. The Labute approximate surface area is 137 Å². The molecular formula is C17H25ClN2S. The first-order chi connectivity index (χ1) is 9.84. The largest absolute Gasteiger partial charge is 0.330 e. The van der Waals surface area contributed by atoms with Crippen LogP contribution < -0.4 is 11.1 Å². The molecule has 1 heterocycles. The Hall–Kier alpha value is -0.610. The highest BCUT2D eigenvalue weighted by molar-refractivity contribution is 7.19. The molecule has 4 heteroatoms. The second-order valence-electron chi connectivity index (χ2n) is 5.86. The van der Waals surface area contributed by atoms with E-state index in [0.29, 0.717) is 0 Å². The van der Waals surface area contributed by atoms with Crippen LogP contribution >= 0.6 is 23.7 Å². The number of hydrogen-bond acceptors (Lipinski definition) is 3. The van der Waals surface area contributed by atoms with Crippen LogP contribution in [0.25, 0.3) is 10.1 Å². The monoisotopic (exact) mass is 324 g/mol. The van der Waals surface area contributed by atoms with Crippen LogP contribution in [0, 0.1) is 0 Å². The Morgan fingerprint density at radius 3 is 2.62 bits per heavy atom. The van der Waals surface area contributed by atoms with Gasteiger partial charge in [-0.3, -0.25) is 0 Å². The van der Waals surface area contributed by atoms with Crippen molar-refractivity contribution in [1.82, 2.24) is 5.32 Å². The third-order valence-electron chi connectivity index (χ3n) is 4.45. The fourth-order valence-corrected chi connectivity index (χ4v) is 4.60. The van der Waals surface area contributed by atoms with Gasteiger partial charge >= 0.3 is 0 Å². The Bertz CT molecular complexity index is 528. The maximum absolute atomic E-state index is 5.65. The van der Waals surface area contributed by atoms with E-state index in [0.717, 1.165) is 19.5 Å². The maximum Gasteiger partial charge on any atom is 0.0529 e. The molecule has 2 nitrogen and oxygen atoms in total. The van der Waals surface area contributed by atoms with E-state index < -0.39 is 0 Å². The molecule has 3 rings (SSSR count). The van der Waals surface area contributed by atoms with E-state index in [1.54, 1.807) is 0 Å². The molecule has 1 aliphatic carbocycles. The van der Waals surface area contributed by atoms with Crippen LogP contribution in [0.3, 0.4) is 0 Å². The van der Waals surface area contributed by atoms with Gasteiger partial charge in [0.25, 0.3) is 0 Å². The zero-order chi connectivity index (χ0) is 13.8. The molecule has 1 aromatic heterocycles. The van der Waals surface area contributed by atoms with Gasteiger partial charge in [0.2, 0.25) is 0 Å². The molecule has 0 atom stereocenters. The molecule has 1 aromatic carbocycles. The van der Waals surface area contributed by atoms with Crippen LogP contribution in [0.5, 0.6) is 0 Å². The highest BCUT2D eigenvalue weighted by atomic mass is 35.5. The van der Waals surface area contributed by atoms with Gasteiger partial charge in [-0.15, -0.1) is 23.7 Å². The number of benzene rings is 1. The molecule has 1 aliphatic rings. The third kappa shape index (κ3) is 3.59. The van der Waals surface area contributed by atoms with Gasteiger partial charge in [-0.25, -0.2) is 0 Å². The fourth-order valence-electron chi connectivity index (χ4n) is 3.31. The van der Waals surface area contributed by atoms with Crippen LogP contribution in [0.2, 0.25) is 0 Å². The molecule has 0 amide bonds. The van der Waals surface area contributed by atoms with Crippen molar-refractivity contribution in [1.29, 1.82) is 0 Å². The molecule has 116 valence electrons. The number of halogens is 1. The Kier molecular flexibility index (Phi) is 6.06. The summed E-state index contributed by atoms with van der Waals surface area (Å²) in [6.07, 6.45) is 7.65. The third-order valence-corrected chi connectivity index (χ3v) is 5.77. The fraction of sp³-hybridized carbons (Fsp3) is 0.529. The molecule has 0 saturated heterocycles. The summed E-state index contributed by atoms with van der Waals surface area (Å²) in [7, 11) is 0. The maximum atomic E-state index is 5.65. The van der Waals surface area contributed by atoms with Crippen molar-refractivity contribution in [2.24, 2.45) is 5.73 Å². The summed E-state index contributed by atoms with van der Waals surface area (Å²) < 4.78 is 1.41. The summed E-state index contributed by atoms with van der Waals surface area (Å²) in [6.45, 7) is 1.81. The van der Waals surface area contributed by atoms with Gasteiger partial charge in [0.15, 0.2) is 0 Å². The van der Waals surface area contributed by atoms with Gasteiger partial charge in [0.05, 0.1) is 5.54 Å². The summed E-state index contributed by atoms with van der Waals surface area (Å²) in [5.74, 6) is 0. The van der Waals surface area contributed by atoms with Crippen molar-refractivity contribution >= 4 is 33.8 Å². The number of nitrogens with two attached hydrogens (primary N) is 1. The van der Waals surface area contributed by atoms with E-state index in [9.17, 15) is 0 Å². The second-order valence-corrected chi connectivity index (χ2v) is 6.94. The minimum Gasteiger partial charge on any atom is -0.330 e. The van der Waals surface area contributed by atoms with Crippen LogP contribution in [-0.4, -0.2) is 13.1 Å². The van der Waals surface area contributed by atoms with E-state index in [4.69, 9.17) is 5.73 Å². The Morgan fingerprint density at radius 1 is 1.14 bits per heavy atom. The van der Waals surface area contributed by atoms with Gasteiger partial charge in [0.1, 0.15) is 0 Å². The van der Waals surface area contributed by atoms with E-state index >= 15 is 0 Å². The molecule has 0 spiro atoms. The van der Waals surface area contributed by atoms with Crippen LogP contribution in [-0.2, 0) is 5.54 Å². The van der Waals surface area contributed by atoms with Gasteiger partial charge in [-0.1, -0.05) is 37.5 Å². The number of nitrogens with one attached hydrogen (secondary N) is 1. The van der Waals surface area contributed by atoms with Gasteiger partial charge in [0, 0.05) is 9.58 Å². The summed E-state index contributed by atoms with van der Waals surface area (Å²) >= 11 is 1.97. The second kappa shape index (κ2) is 7.59. The highest BCUT2D eigenvalue weighted by Gasteiger charge is 2.34. The van der Waals surface area contributed by atoms with E-state index in [-0.39, 0.29) is 17.9 Å². The summed E-state index contributed by atoms with van der Waals surface area (Å²) in [4.78, 5) is 1.52. The zero-order valence-corrected chi connectivity index (χ0v) is 14.1. The average molecular weight is 325 g/mol. The minimum atomic E-state index is 0. The Balaban J connectivity index is 0.00000161. The van der Waals surface area contributed by atoms with Gasteiger partial charge < -0.3 is 11.1 Å². The van der Waals surface area contributed by atoms with Crippen molar-refractivity contribution in [3.63, 3.8) is 0 Å². The molecule has 3 N–H and O–H groups in total. The van der Waals surface area contributed by atoms with Gasteiger partial charge in [-0.2, -0.15) is 0 Å². The lowest BCUT2D eigenvalue weighted by molar-refractivity contribution is 0.239. The average Bonchev–Trinajstić information content (AvgIpc) is 2.93. The topological polar surface area (TPSA) is 38.0 Å². The lowest BCUT2D eigenvalue weighted by atomic mass is 9.80. The van der Waals surface area contributed by atoms with Crippen molar-refractivity contribution < 1.29 is 0 Å². The van der Waals surface area contributed by atoms with Crippen molar-refractivity contribution in [3.05, 3.63) is 35.2 Å². The normalized spacial score (nSPS) is 17.6. The van der Waals surface area contributed by atoms with Crippen LogP contribution in [0.15, 0.2) is 30.3 Å². The highest BCUT2D eigenvalue weighted by Crippen LogP contribution is 2.42. The van der Waals surface area contributed by atoms with E-state index in [1.807, 2.05) is 11.3 Å². The summed E-state index contributed by atoms with van der Waals surface area (Å²) in [6, 6.07) is 11.1. The predicted octanol–water partition coefficient (Wildman–Crippen LogP) is 4.42. The molecule has 0 bridgehead atoms. The summed E-state index contributed by atoms with van der Waals surface area (Å²) in [5.41, 5.74) is 5.86. The Morgan fingerprint density at radius 2 is 1.90 bits per heavy atom. The number of fused-ring (bicyclic) bond motifs is 1. The van der Waals surface area contributed by atoms with Crippen LogP contribution in [0.1, 0.15) is 43.4 Å². The number of hydrogen-bond donors (Lipinski definition) is 2. The molecule has 21 heavy (non-hydrogen) atoms. The zero-order valence-electron chi connectivity index (χ0n) is 12.4. The lowest BCUT2D eigenvalue weighted by Gasteiger charge is -2.38. The standard InChI is InChI=1S/C17H24N2S.ClH/c18-11-6-12-19-17(9-4-1-5-10-17)16-13-14-7-2-3-8-15(14)20-16;/h2-3,7-8,13,19H,1,4-6,9-12,18H2;1H. The van der Waals surface area contributed by atoms with E-state index in [2.05, 4.69) is 35.6 Å². The van der Waals surface area contributed by atoms with Crippen molar-refractivity contribution in [2.75, 3.05) is 13.1 Å². The quantitative estimate of drug-likeness (QED) is 0.799. The molecule has 1 fully saturated rings. The van der Waals surface area contributed by atoms with Crippen molar-refractivity contribution in [2.45, 2.75) is 44.1 Å². The lowest BCUT2D eigenvalue weighted by Crippen LogP contribution is -2.44. The summed E-state index contributed by atoms with van der Waals surface area (Å²) in [5, 5.41) is 5.23. The first-order valence-electron chi connectivity index (χ1n) is 7.78. The minimum absolute atomic E-state index is 0. The number of thiophene rings is 1. The van der Waals surface area contributed by atoms with Crippen molar-refractivity contribution in [3.8, 4) is 0 Å². The van der Waals surface area contributed by atoms with Crippen LogP contribution in [0.4, 0.5) is 0 Å². The smallest absolute Gasteiger partial charge is 0.0529 e. The van der Waals surface area contributed by atoms with Gasteiger partial charge in [-0.05, 0) is 49.9 Å². The molecule has 0 unspecified atom stereocenters. The molecule has 0 radical (unpaired) electrons. The first kappa shape index (κ1) is 16.8.